The first-order chi connectivity index (χ1) is 24.1. The second-order valence-corrected chi connectivity index (χ2v) is 15.8. The summed E-state index contributed by atoms with van der Waals surface area (Å²) in [7, 11) is 3.00. The molecular formula is C37H49N7O7. The van der Waals surface area contributed by atoms with E-state index < -0.39 is 52.6 Å². The lowest BCUT2D eigenvalue weighted by atomic mass is 9.85. The highest BCUT2D eigenvalue weighted by Gasteiger charge is 2.56. The van der Waals surface area contributed by atoms with Crippen LogP contribution in [-0.4, -0.2) is 94.4 Å². The maximum Gasteiger partial charge on any atom is 0.289 e. The molecule has 1 aromatic heterocycles. The van der Waals surface area contributed by atoms with Gasteiger partial charge in [0.25, 0.3) is 5.91 Å². The van der Waals surface area contributed by atoms with Crippen molar-refractivity contribution in [3.05, 3.63) is 47.0 Å². The number of aryl methyl sites for hydroxylation is 2. The van der Waals surface area contributed by atoms with Crippen LogP contribution in [-0.2, 0) is 28.8 Å². The average molecular weight is 704 g/mol. The van der Waals surface area contributed by atoms with Crippen LogP contribution in [0.15, 0.2) is 29.8 Å². The molecule has 0 bridgehead atoms. The lowest BCUT2D eigenvalue weighted by molar-refractivity contribution is -0.145. The van der Waals surface area contributed by atoms with E-state index in [1.54, 1.807) is 19.6 Å². The number of hydrogen-bond acceptors (Lipinski definition) is 9. The number of aromatic amines is 1. The number of H-pyrrole nitrogens is 1. The van der Waals surface area contributed by atoms with Gasteiger partial charge in [-0.05, 0) is 61.3 Å². The molecule has 4 amide bonds. The van der Waals surface area contributed by atoms with Gasteiger partial charge in [0.05, 0.1) is 31.7 Å². The van der Waals surface area contributed by atoms with Crippen molar-refractivity contribution in [2.75, 3.05) is 20.7 Å². The minimum Gasteiger partial charge on any atom is -0.496 e. The van der Waals surface area contributed by atoms with Crippen LogP contribution < -0.4 is 20.7 Å². The number of likely N-dealkylation sites (N-methyl/N-ethyl adjacent to an activating group) is 1. The van der Waals surface area contributed by atoms with Gasteiger partial charge in [-0.15, -0.1) is 0 Å². The molecular weight excluding hydrogens is 654 g/mol. The lowest BCUT2D eigenvalue weighted by Gasteiger charge is -2.35. The van der Waals surface area contributed by atoms with Crippen LogP contribution in [0.5, 0.6) is 5.75 Å². The number of aromatic nitrogens is 2. The Labute approximate surface area is 297 Å². The minimum absolute atomic E-state index is 0.00857. The van der Waals surface area contributed by atoms with E-state index in [1.807, 2.05) is 46.8 Å². The van der Waals surface area contributed by atoms with E-state index in [1.165, 1.54) is 11.9 Å². The first-order valence-electron chi connectivity index (χ1n) is 17.7. The molecule has 0 radical (unpaired) electrons. The fourth-order valence-electron chi connectivity index (χ4n) is 7.55. The van der Waals surface area contributed by atoms with E-state index >= 15 is 0 Å². The molecule has 1 saturated heterocycles. The van der Waals surface area contributed by atoms with Crippen molar-refractivity contribution in [1.82, 2.24) is 30.8 Å². The zero-order chi connectivity index (χ0) is 36.8. The third-order valence-corrected chi connectivity index (χ3v) is 10.6. The highest BCUT2D eigenvalue weighted by atomic mass is 16.7. The number of nitrogens with zero attached hydrogens (tertiary/aromatic N) is 3. The Bertz CT molecular complexity index is 1720. The predicted molar refractivity (Wildman–Crippen MR) is 187 cm³/mol. The number of carbonyl (C=O) groups is 5. The minimum atomic E-state index is -1.05. The van der Waals surface area contributed by atoms with Crippen molar-refractivity contribution in [3.63, 3.8) is 0 Å². The molecule has 2 saturated carbocycles. The molecule has 1 aromatic carbocycles. The Balaban J connectivity index is 1.27. The van der Waals surface area contributed by atoms with Crippen LogP contribution in [0.3, 0.4) is 0 Å². The van der Waals surface area contributed by atoms with Gasteiger partial charge in [-0.3, -0.25) is 24.0 Å². The molecule has 2 aliphatic carbocycles. The van der Waals surface area contributed by atoms with Crippen LogP contribution in [0, 0.1) is 31.1 Å². The number of methoxy groups -OCH3 is 1. The van der Waals surface area contributed by atoms with Gasteiger partial charge >= 0.3 is 0 Å². The van der Waals surface area contributed by atoms with E-state index in [4.69, 9.17) is 9.57 Å². The zero-order valence-electron chi connectivity index (χ0n) is 30.4. The maximum absolute atomic E-state index is 14.7. The molecule has 2 aliphatic heterocycles. The number of Topliss-reactive ketones (excluding diaryl/α,β-unsaturated/α-hetero) is 1. The van der Waals surface area contributed by atoms with E-state index in [-0.39, 0.29) is 36.6 Å². The normalized spacial score (nSPS) is 25.0. The highest BCUT2D eigenvalue weighted by Crippen LogP contribution is 2.47. The van der Waals surface area contributed by atoms with Gasteiger partial charge in [0.1, 0.15) is 17.8 Å². The smallest absolute Gasteiger partial charge is 0.289 e. The molecule has 51 heavy (non-hydrogen) atoms. The number of benzene rings is 1. The van der Waals surface area contributed by atoms with Gasteiger partial charge in [0.2, 0.25) is 23.5 Å². The molecule has 1 unspecified atom stereocenters. The predicted octanol–water partition coefficient (Wildman–Crippen LogP) is 2.43. The highest BCUT2D eigenvalue weighted by molar-refractivity contribution is 6.38. The molecule has 274 valence electrons. The summed E-state index contributed by atoms with van der Waals surface area (Å²) >= 11 is 0. The molecule has 2 aromatic rings. The van der Waals surface area contributed by atoms with Crippen molar-refractivity contribution < 1.29 is 33.5 Å². The number of likely N-dealkylation sites (tertiary alicyclic amines) is 1. The topological polar surface area (TPSA) is 184 Å². The van der Waals surface area contributed by atoms with Crippen LogP contribution in [0.25, 0.3) is 0 Å². The van der Waals surface area contributed by atoms with Gasteiger partial charge < -0.3 is 35.4 Å². The van der Waals surface area contributed by atoms with Gasteiger partial charge in [-0.1, -0.05) is 38.8 Å². The van der Waals surface area contributed by atoms with Crippen LogP contribution in [0.1, 0.15) is 87.6 Å². The van der Waals surface area contributed by atoms with Gasteiger partial charge in [0, 0.05) is 49.2 Å². The number of ketones is 1. The Morgan fingerprint density at radius 2 is 1.80 bits per heavy atom. The largest absolute Gasteiger partial charge is 0.496 e. The summed E-state index contributed by atoms with van der Waals surface area (Å²) in [6.45, 7) is 9.54. The number of hydrogen-bond donors (Lipinski definition) is 4. The van der Waals surface area contributed by atoms with Gasteiger partial charge in [-0.25, -0.2) is 4.98 Å². The summed E-state index contributed by atoms with van der Waals surface area (Å²) in [5, 5.41) is 12.7. The number of oxime groups is 1. The first-order valence-corrected chi connectivity index (χ1v) is 17.7. The standard InChI is InChI=1S/C37H49N7O7/c1-19-10-22(11-20(2)30(19)50-7)26-14-37(51-43-26)15-28(33(47)41-25(12-21-8-9-21)29(45)34(48)38-6)44(17-37)35(49)31(36(3,4)5)42-32(46)24-13-23(24)27-16-39-18-40-27/h10-11,16,18,21,23-25,28,31H,8-9,12-15,17H2,1-7H3,(H,38,48)(H,39,40)(H,41,47)(H,42,46)/t23-,24-,25+,28?,31-,37-/m1/s1. The second-order valence-electron chi connectivity index (χ2n) is 15.8. The SMILES string of the molecule is CNC(=O)C(=O)[C@H](CC1CC1)NC(=O)C1C[C@]2(CC(c3cc(C)c(OC)c(C)c3)=NO2)CN1C(=O)[C@@H](NC(=O)[C@@H]1C[C@H]1c1cnc[nH]1)C(C)(C)C. The number of nitrogens with one attached hydrogen (secondary N) is 4. The molecule has 1 spiro atoms. The molecule has 4 aliphatic rings. The summed E-state index contributed by atoms with van der Waals surface area (Å²) in [6, 6.07) is 0.892. The van der Waals surface area contributed by atoms with Crippen molar-refractivity contribution in [2.24, 2.45) is 22.4 Å². The number of ether oxygens (including phenoxy) is 1. The quantitative estimate of drug-likeness (QED) is 0.243. The third kappa shape index (κ3) is 7.50. The lowest BCUT2D eigenvalue weighted by Crippen LogP contribution is -2.59. The fourth-order valence-corrected chi connectivity index (χ4v) is 7.55. The second kappa shape index (κ2) is 13.8. The van der Waals surface area contributed by atoms with Gasteiger partial charge in [-0.2, -0.15) is 0 Å². The summed E-state index contributed by atoms with van der Waals surface area (Å²) in [5.41, 5.74) is 2.53. The summed E-state index contributed by atoms with van der Waals surface area (Å²) in [6.07, 6.45) is 6.51. The van der Waals surface area contributed by atoms with Crippen molar-refractivity contribution in [1.29, 1.82) is 0 Å². The maximum atomic E-state index is 14.7. The van der Waals surface area contributed by atoms with E-state index in [9.17, 15) is 24.0 Å². The Kier molecular flexibility index (Phi) is 9.73. The molecule has 3 fully saturated rings. The molecule has 3 heterocycles. The number of imidazole rings is 1. The zero-order valence-corrected chi connectivity index (χ0v) is 30.4. The molecule has 14 nitrogen and oxygen atoms in total. The van der Waals surface area contributed by atoms with Crippen molar-refractivity contribution in [2.45, 2.75) is 103 Å². The van der Waals surface area contributed by atoms with E-state index in [0.29, 0.717) is 25.0 Å². The van der Waals surface area contributed by atoms with E-state index in [0.717, 1.165) is 41.0 Å². The number of amides is 4. The van der Waals surface area contributed by atoms with Crippen molar-refractivity contribution >= 4 is 35.1 Å². The summed E-state index contributed by atoms with van der Waals surface area (Å²) in [5.74, 6) is -2.06. The van der Waals surface area contributed by atoms with Crippen LogP contribution in [0.2, 0.25) is 0 Å². The number of rotatable bonds is 12. The molecule has 14 heteroatoms. The van der Waals surface area contributed by atoms with Gasteiger partial charge in [0.15, 0.2) is 5.60 Å². The average Bonchev–Trinajstić information content (AvgIpc) is 3.92. The van der Waals surface area contributed by atoms with E-state index in [2.05, 4.69) is 31.1 Å². The molecule has 4 N–H and O–H groups in total. The van der Waals surface area contributed by atoms with Crippen LogP contribution >= 0.6 is 0 Å². The Morgan fingerprint density at radius 3 is 2.39 bits per heavy atom. The monoisotopic (exact) mass is 703 g/mol. The third-order valence-electron chi connectivity index (χ3n) is 10.6. The Morgan fingerprint density at radius 1 is 1.10 bits per heavy atom. The number of carbonyl (C=O) groups excluding carboxylic acids is 5. The fraction of sp³-hybridized carbons (Fsp3) is 0.595. The summed E-state index contributed by atoms with van der Waals surface area (Å²) in [4.78, 5) is 82.7. The molecule has 6 atom stereocenters. The van der Waals surface area contributed by atoms with Crippen LogP contribution in [0.4, 0.5) is 0 Å². The Hall–Kier alpha value is -4.75. The molecule has 6 rings (SSSR count). The van der Waals surface area contributed by atoms with Crippen molar-refractivity contribution in [3.8, 4) is 5.75 Å². The summed E-state index contributed by atoms with van der Waals surface area (Å²) < 4.78 is 5.54. The first kappa shape index (κ1) is 36.1.